The molecule has 1 atom stereocenters. The standard InChI is InChI=1S/C10H19NO4S/c1-10(2,3)8(9(12)13)11-6-4-5-7-16(11,14)15/h8H,4-7H2,1-3H3,(H,12,13). The molecule has 0 bridgehead atoms. The van der Waals surface area contributed by atoms with Crippen molar-refractivity contribution in [2.45, 2.75) is 39.7 Å². The smallest absolute Gasteiger partial charge is 0.322 e. The predicted molar refractivity (Wildman–Crippen MR) is 60.6 cm³/mol. The van der Waals surface area contributed by atoms with E-state index in [4.69, 9.17) is 0 Å². The molecule has 0 amide bonds. The van der Waals surface area contributed by atoms with E-state index in [1.165, 1.54) is 0 Å². The Morgan fingerprint density at radius 3 is 2.25 bits per heavy atom. The first-order chi connectivity index (χ1) is 7.16. The Morgan fingerprint density at radius 2 is 1.88 bits per heavy atom. The number of carboxylic acids is 1. The highest BCUT2D eigenvalue weighted by Crippen LogP contribution is 2.29. The number of carboxylic acid groups (broad SMARTS) is 1. The van der Waals surface area contributed by atoms with Gasteiger partial charge in [0.2, 0.25) is 10.0 Å². The molecule has 0 spiro atoms. The van der Waals surface area contributed by atoms with Gasteiger partial charge in [0, 0.05) is 6.54 Å². The van der Waals surface area contributed by atoms with E-state index in [9.17, 15) is 18.3 Å². The molecule has 0 radical (unpaired) electrons. The average Bonchev–Trinajstić information content (AvgIpc) is 2.05. The van der Waals surface area contributed by atoms with Crippen molar-refractivity contribution in [3.63, 3.8) is 0 Å². The lowest BCUT2D eigenvalue weighted by molar-refractivity contribution is -0.145. The van der Waals surface area contributed by atoms with Crippen LogP contribution in [0.15, 0.2) is 0 Å². The zero-order chi connectivity index (χ0) is 12.6. The van der Waals surface area contributed by atoms with Crippen molar-refractivity contribution < 1.29 is 18.3 Å². The number of hydrogen-bond donors (Lipinski definition) is 1. The second-order valence-corrected chi connectivity index (χ2v) is 7.28. The van der Waals surface area contributed by atoms with Crippen molar-refractivity contribution in [3.8, 4) is 0 Å². The lowest BCUT2D eigenvalue weighted by Gasteiger charge is -2.38. The van der Waals surface area contributed by atoms with Crippen LogP contribution in [0.1, 0.15) is 33.6 Å². The lowest BCUT2D eigenvalue weighted by Crippen LogP contribution is -2.54. The molecule has 94 valence electrons. The molecule has 1 unspecified atom stereocenters. The van der Waals surface area contributed by atoms with Crippen LogP contribution in [0.3, 0.4) is 0 Å². The molecule has 0 saturated carbocycles. The highest BCUT2D eigenvalue weighted by Gasteiger charge is 2.43. The second kappa shape index (κ2) is 4.33. The van der Waals surface area contributed by atoms with Gasteiger partial charge in [0.25, 0.3) is 0 Å². The molecule has 0 aliphatic carbocycles. The lowest BCUT2D eigenvalue weighted by atomic mass is 9.86. The van der Waals surface area contributed by atoms with E-state index in [0.29, 0.717) is 13.0 Å². The zero-order valence-corrected chi connectivity index (χ0v) is 10.7. The summed E-state index contributed by atoms with van der Waals surface area (Å²) in [4.78, 5) is 11.2. The van der Waals surface area contributed by atoms with Gasteiger partial charge in [0.15, 0.2) is 0 Å². The van der Waals surface area contributed by atoms with Crippen molar-refractivity contribution in [2.75, 3.05) is 12.3 Å². The Labute approximate surface area is 96.5 Å². The maximum Gasteiger partial charge on any atom is 0.322 e. The first-order valence-electron chi connectivity index (χ1n) is 5.38. The number of sulfonamides is 1. The van der Waals surface area contributed by atoms with Crippen LogP contribution < -0.4 is 0 Å². The Morgan fingerprint density at radius 1 is 1.31 bits per heavy atom. The van der Waals surface area contributed by atoms with Gasteiger partial charge in [0.05, 0.1) is 5.75 Å². The topological polar surface area (TPSA) is 74.7 Å². The zero-order valence-electron chi connectivity index (χ0n) is 9.93. The first-order valence-corrected chi connectivity index (χ1v) is 6.99. The predicted octanol–water partition coefficient (Wildman–Crippen LogP) is 0.911. The molecular formula is C10H19NO4S. The first kappa shape index (κ1) is 13.4. The monoisotopic (exact) mass is 249 g/mol. The van der Waals surface area contributed by atoms with Gasteiger partial charge in [-0.05, 0) is 18.3 Å². The summed E-state index contributed by atoms with van der Waals surface area (Å²) in [5.41, 5.74) is -0.601. The SMILES string of the molecule is CC(C)(C)C(C(=O)O)N1CCCCS1(=O)=O. The summed E-state index contributed by atoms with van der Waals surface area (Å²) < 4.78 is 24.8. The van der Waals surface area contributed by atoms with Gasteiger partial charge in [-0.25, -0.2) is 8.42 Å². The number of nitrogens with zero attached hydrogens (tertiary/aromatic N) is 1. The summed E-state index contributed by atoms with van der Waals surface area (Å²) >= 11 is 0. The maximum atomic E-state index is 11.8. The van der Waals surface area contributed by atoms with Crippen molar-refractivity contribution in [1.29, 1.82) is 0 Å². The Bertz CT molecular complexity index is 369. The summed E-state index contributed by atoms with van der Waals surface area (Å²) in [6.07, 6.45) is 1.36. The van der Waals surface area contributed by atoms with E-state index < -0.39 is 27.4 Å². The molecule has 1 fully saturated rings. The number of aliphatic carboxylic acids is 1. The minimum absolute atomic E-state index is 0.0624. The minimum Gasteiger partial charge on any atom is -0.480 e. The van der Waals surface area contributed by atoms with Crippen LogP contribution in [0.25, 0.3) is 0 Å². The van der Waals surface area contributed by atoms with Crippen LogP contribution >= 0.6 is 0 Å². The second-order valence-electron chi connectivity index (χ2n) is 5.24. The molecule has 6 heteroatoms. The summed E-state index contributed by atoms with van der Waals surface area (Å²) in [7, 11) is -3.40. The van der Waals surface area contributed by atoms with E-state index in [0.717, 1.165) is 10.7 Å². The van der Waals surface area contributed by atoms with Crippen molar-refractivity contribution >= 4 is 16.0 Å². The van der Waals surface area contributed by atoms with Crippen LogP contribution in [-0.4, -0.2) is 42.1 Å². The molecule has 1 saturated heterocycles. The Kier molecular flexibility index (Phi) is 3.64. The molecule has 16 heavy (non-hydrogen) atoms. The highest BCUT2D eigenvalue weighted by molar-refractivity contribution is 7.89. The van der Waals surface area contributed by atoms with Crippen LogP contribution in [-0.2, 0) is 14.8 Å². The molecule has 0 aromatic rings. The third-order valence-electron chi connectivity index (χ3n) is 2.73. The third kappa shape index (κ3) is 2.74. The van der Waals surface area contributed by atoms with Gasteiger partial charge in [-0.2, -0.15) is 4.31 Å². The van der Waals surface area contributed by atoms with Gasteiger partial charge in [-0.3, -0.25) is 4.79 Å². The number of hydrogen-bond acceptors (Lipinski definition) is 3. The van der Waals surface area contributed by atoms with Crippen LogP contribution in [0.5, 0.6) is 0 Å². The average molecular weight is 249 g/mol. The molecule has 0 aromatic carbocycles. The quantitative estimate of drug-likeness (QED) is 0.789. The largest absolute Gasteiger partial charge is 0.480 e. The van der Waals surface area contributed by atoms with Crippen molar-refractivity contribution in [3.05, 3.63) is 0 Å². The fraction of sp³-hybridized carbons (Fsp3) is 0.900. The summed E-state index contributed by atoms with van der Waals surface area (Å²) in [6, 6.07) is -0.974. The molecule has 1 aliphatic heterocycles. The molecule has 0 aromatic heterocycles. The number of carbonyl (C=O) groups is 1. The van der Waals surface area contributed by atoms with Gasteiger partial charge < -0.3 is 5.11 Å². The van der Waals surface area contributed by atoms with Gasteiger partial charge in [0.1, 0.15) is 6.04 Å². The van der Waals surface area contributed by atoms with Gasteiger partial charge >= 0.3 is 5.97 Å². The van der Waals surface area contributed by atoms with E-state index in [-0.39, 0.29) is 5.75 Å². The maximum absolute atomic E-state index is 11.8. The Hall–Kier alpha value is -0.620. The van der Waals surface area contributed by atoms with E-state index in [2.05, 4.69) is 0 Å². The molecule has 1 rings (SSSR count). The molecule has 5 nitrogen and oxygen atoms in total. The summed E-state index contributed by atoms with van der Waals surface area (Å²) in [6.45, 7) is 5.55. The third-order valence-corrected chi connectivity index (χ3v) is 4.64. The van der Waals surface area contributed by atoms with Crippen LogP contribution in [0.4, 0.5) is 0 Å². The molecular weight excluding hydrogens is 230 g/mol. The van der Waals surface area contributed by atoms with Gasteiger partial charge in [-0.1, -0.05) is 20.8 Å². The fourth-order valence-corrected chi connectivity index (χ4v) is 3.96. The van der Waals surface area contributed by atoms with Crippen molar-refractivity contribution in [2.24, 2.45) is 5.41 Å². The van der Waals surface area contributed by atoms with E-state index >= 15 is 0 Å². The summed E-state index contributed by atoms with van der Waals surface area (Å²) in [5.74, 6) is -1.01. The Balaban J connectivity index is 3.08. The van der Waals surface area contributed by atoms with E-state index in [1.54, 1.807) is 20.8 Å². The van der Waals surface area contributed by atoms with Crippen LogP contribution in [0.2, 0.25) is 0 Å². The van der Waals surface area contributed by atoms with Crippen LogP contribution in [0, 0.1) is 5.41 Å². The molecule has 1 heterocycles. The van der Waals surface area contributed by atoms with Gasteiger partial charge in [-0.15, -0.1) is 0 Å². The normalized spacial score (nSPS) is 23.9. The fourth-order valence-electron chi connectivity index (χ4n) is 2.02. The number of rotatable bonds is 2. The summed E-state index contributed by atoms with van der Waals surface area (Å²) in [5, 5.41) is 9.19. The highest BCUT2D eigenvalue weighted by atomic mass is 32.2. The van der Waals surface area contributed by atoms with Crippen molar-refractivity contribution in [1.82, 2.24) is 4.31 Å². The van der Waals surface area contributed by atoms with E-state index in [1.807, 2.05) is 0 Å². The molecule has 1 aliphatic rings. The minimum atomic E-state index is -3.40. The molecule has 1 N–H and O–H groups in total.